The Bertz CT molecular complexity index is 571. The fourth-order valence-corrected chi connectivity index (χ4v) is 2.57. The highest BCUT2D eigenvalue weighted by atomic mass is 19.1. The number of benzene rings is 1. The van der Waals surface area contributed by atoms with Gasteiger partial charge in [-0.2, -0.15) is 0 Å². The van der Waals surface area contributed by atoms with E-state index in [1.165, 1.54) is 11.0 Å². The van der Waals surface area contributed by atoms with E-state index >= 15 is 0 Å². The van der Waals surface area contributed by atoms with Crippen LogP contribution in [-0.2, 0) is 9.59 Å². The zero-order chi connectivity index (χ0) is 15.7. The smallest absolute Gasteiger partial charge is 0.249 e. The summed E-state index contributed by atoms with van der Waals surface area (Å²) in [4.78, 5) is 27.6. The number of anilines is 1. The van der Waals surface area contributed by atoms with Crippen LogP contribution in [0.3, 0.4) is 0 Å². The first kappa shape index (κ1) is 15.5. The fourth-order valence-electron chi connectivity index (χ4n) is 2.57. The van der Waals surface area contributed by atoms with Gasteiger partial charge in [-0.15, -0.1) is 0 Å². The van der Waals surface area contributed by atoms with E-state index in [0.717, 1.165) is 5.56 Å². The summed E-state index contributed by atoms with van der Waals surface area (Å²) >= 11 is 0. The van der Waals surface area contributed by atoms with Crippen molar-refractivity contribution in [1.29, 1.82) is 0 Å². The van der Waals surface area contributed by atoms with Gasteiger partial charge in [0.1, 0.15) is 11.9 Å². The number of piperazine rings is 1. The standard InChI is InChI=1S/C16H21FN2O2/c1-10(2)15(20)18-7-8-19(16(21)12(18)4)14-9-11(3)5-6-13(14)17/h5-6,9-10,12H,7-8H2,1-4H3/t12-/m1/s1. The third kappa shape index (κ3) is 2.91. The van der Waals surface area contributed by atoms with Crippen LogP contribution in [-0.4, -0.2) is 35.8 Å². The van der Waals surface area contributed by atoms with Gasteiger partial charge in [0.05, 0.1) is 5.69 Å². The summed E-state index contributed by atoms with van der Waals surface area (Å²) in [5.41, 5.74) is 1.19. The average molecular weight is 292 g/mol. The first-order valence-electron chi connectivity index (χ1n) is 7.21. The van der Waals surface area contributed by atoms with Crippen molar-refractivity contribution in [2.24, 2.45) is 5.92 Å². The third-order valence-electron chi connectivity index (χ3n) is 3.82. The van der Waals surface area contributed by atoms with E-state index in [-0.39, 0.29) is 17.7 Å². The molecule has 0 aliphatic carbocycles. The van der Waals surface area contributed by atoms with Crippen molar-refractivity contribution in [3.63, 3.8) is 0 Å². The first-order valence-corrected chi connectivity index (χ1v) is 7.21. The molecule has 1 aliphatic heterocycles. The number of halogens is 1. The molecule has 0 bridgehead atoms. The maximum Gasteiger partial charge on any atom is 0.249 e. The van der Waals surface area contributed by atoms with Gasteiger partial charge in [-0.3, -0.25) is 9.59 Å². The third-order valence-corrected chi connectivity index (χ3v) is 3.82. The maximum absolute atomic E-state index is 14.0. The van der Waals surface area contributed by atoms with Crippen LogP contribution in [0.1, 0.15) is 26.3 Å². The number of aryl methyl sites for hydroxylation is 1. The van der Waals surface area contributed by atoms with Crippen LogP contribution < -0.4 is 4.90 Å². The maximum atomic E-state index is 14.0. The van der Waals surface area contributed by atoms with Gasteiger partial charge in [0, 0.05) is 19.0 Å². The fraction of sp³-hybridized carbons (Fsp3) is 0.500. The second-order valence-electron chi connectivity index (χ2n) is 5.81. The SMILES string of the molecule is Cc1ccc(F)c(N2CCN(C(=O)C(C)C)[C@H](C)C2=O)c1. The quantitative estimate of drug-likeness (QED) is 0.839. The van der Waals surface area contributed by atoms with Crippen molar-refractivity contribution in [1.82, 2.24) is 4.90 Å². The summed E-state index contributed by atoms with van der Waals surface area (Å²) in [6, 6.07) is 4.15. The monoisotopic (exact) mass is 292 g/mol. The van der Waals surface area contributed by atoms with Gasteiger partial charge in [-0.1, -0.05) is 19.9 Å². The summed E-state index contributed by atoms with van der Waals surface area (Å²) in [6.07, 6.45) is 0. The topological polar surface area (TPSA) is 40.6 Å². The number of carbonyl (C=O) groups is 2. The molecule has 4 nitrogen and oxygen atoms in total. The van der Waals surface area contributed by atoms with E-state index in [1.807, 2.05) is 20.8 Å². The highest BCUT2D eigenvalue weighted by molar-refractivity contribution is 6.00. The van der Waals surface area contributed by atoms with Gasteiger partial charge in [-0.05, 0) is 31.5 Å². The Kier molecular flexibility index (Phi) is 4.30. The summed E-state index contributed by atoms with van der Waals surface area (Å²) in [5, 5.41) is 0. The van der Waals surface area contributed by atoms with E-state index < -0.39 is 11.9 Å². The Morgan fingerprint density at radius 2 is 2.00 bits per heavy atom. The minimum absolute atomic E-state index is 0.0415. The van der Waals surface area contributed by atoms with Gasteiger partial charge >= 0.3 is 0 Å². The zero-order valence-corrected chi connectivity index (χ0v) is 12.9. The summed E-state index contributed by atoms with van der Waals surface area (Å²) in [7, 11) is 0. The molecule has 0 aromatic heterocycles. The van der Waals surface area contributed by atoms with Crippen LogP contribution in [0.25, 0.3) is 0 Å². The summed E-state index contributed by atoms with van der Waals surface area (Å²) in [5.74, 6) is -0.841. The molecule has 1 atom stereocenters. The Balaban J connectivity index is 2.26. The average Bonchev–Trinajstić information content (AvgIpc) is 2.44. The van der Waals surface area contributed by atoms with Crippen molar-refractivity contribution in [2.75, 3.05) is 18.0 Å². The van der Waals surface area contributed by atoms with Crippen molar-refractivity contribution >= 4 is 17.5 Å². The molecular weight excluding hydrogens is 271 g/mol. The van der Waals surface area contributed by atoms with Gasteiger partial charge < -0.3 is 9.80 Å². The number of nitrogens with zero attached hydrogens (tertiary/aromatic N) is 2. The van der Waals surface area contributed by atoms with E-state index in [4.69, 9.17) is 0 Å². The number of hydrogen-bond acceptors (Lipinski definition) is 2. The van der Waals surface area contributed by atoms with Crippen LogP contribution in [0.15, 0.2) is 18.2 Å². The van der Waals surface area contributed by atoms with Gasteiger partial charge in [0.2, 0.25) is 11.8 Å². The predicted octanol–water partition coefficient (Wildman–Crippen LogP) is 2.35. The van der Waals surface area contributed by atoms with E-state index in [0.29, 0.717) is 18.8 Å². The number of hydrogen-bond donors (Lipinski definition) is 0. The molecule has 0 saturated carbocycles. The molecule has 21 heavy (non-hydrogen) atoms. The van der Waals surface area contributed by atoms with Gasteiger partial charge in [-0.25, -0.2) is 4.39 Å². The normalized spacial score (nSPS) is 19.3. The zero-order valence-electron chi connectivity index (χ0n) is 12.9. The molecule has 114 valence electrons. The first-order chi connectivity index (χ1) is 9.82. The summed E-state index contributed by atoms with van der Waals surface area (Å²) < 4.78 is 14.0. The molecular formula is C16H21FN2O2. The number of rotatable bonds is 2. The highest BCUT2D eigenvalue weighted by Crippen LogP contribution is 2.25. The Hall–Kier alpha value is -1.91. The van der Waals surface area contributed by atoms with Crippen LogP contribution in [0, 0.1) is 18.7 Å². The Morgan fingerprint density at radius 1 is 1.33 bits per heavy atom. The minimum atomic E-state index is -0.562. The number of carbonyl (C=O) groups excluding carboxylic acids is 2. The number of amides is 2. The molecule has 0 radical (unpaired) electrons. The molecule has 0 N–H and O–H groups in total. The molecule has 1 aliphatic rings. The molecule has 2 amide bonds. The lowest BCUT2D eigenvalue weighted by molar-refractivity contribution is -0.143. The summed E-state index contributed by atoms with van der Waals surface area (Å²) in [6.45, 7) is 7.93. The van der Waals surface area contributed by atoms with Crippen molar-refractivity contribution in [3.05, 3.63) is 29.6 Å². The molecule has 1 aromatic rings. The second-order valence-corrected chi connectivity index (χ2v) is 5.81. The molecule has 5 heteroatoms. The Labute approximate surface area is 124 Å². The second kappa shape index (κ2) is 5.84. The van der Waals surface area contributed by atoms with E-state index in [2.05, 4.69) is 0 Å². The minimum Gasteiger partial charge on any atom is -0.329 e. The molecule has 1 heterocycles. The molecule has 0 unspecified atom stereocenters. The lowest BCUT2D eigenvalue weighted by Gasteiger charge is -2.40. The van der Waals surface area contributed by atoms with Crippen molar-refractivity contribution in [3.8, 4) is 0 Å². The lowest BCUT2D eigenvalue weighted by Crippen LogP contribution is -2.58. The Morgan fingerprint density at radius 3 is 2.62 bits per heavy atom. The van der Waals surface area contributed by atoms with Crippen LogP contribution in [0.5, 0.6) is 0 Å². The van der Waals surface area contributed by atoms with Crippen molar-refractivity contribution in [2.45, 2.75) is 33.7 Å². The predicted molar refractivity (Wildman–Crippen MR) is 79.5 cm³/mol. The van der Waals surface area contributed by atoms with E-state index in [1.54, 1.807) is 24.0 Å². The van der Waals surface area contributed by atoms with Crippen LogP contribution >= 0.6 is 0 Å². The molecule has 0 spiro atoms. The molecule has 1 saturated heterocycles. The van der Waals surface area contributed by atoms with Crippen LogP contribution in [0.2, 0.25) is 0 Å². The molecule has 2 rings (SSSR count). The molecule has 1 fully saturated rings. The lowest BCUT2D eigenvalue weighted by atomic mass is 10.1. The largest absolute Gasteiger partial charge is 0.329 e. The highest BCUT2D eigenvalue weighted by Gasteiger charge is 2.36. The molecule has 1 aromatic carbocycles. The van der Waals surface area contributed by atoms with Crippen LogP contribution in [0.4, 0.5) is 10.1 Å². The van der Waals surface area contributed by atoms with Gasteiger partial charge in [0.25, 0.3) is 0 Å². The van der Waals surface area contributed by atoms with Crippen molar-refractivity contribution < 1.29 is 14.0 Å². The van der Waals surface area contributed by atoms with E-state index in [9.17, 15) is 14.0 Å². The van der Waals surface area contributed by atoms with Gasteiger partial charge in [0.15, 0.2) is 0 Å².